The third-order valence-corrected chi connectivity index (χ3v) is 6.32. The number of hydrazone groups is 1. The summed E-state index contributed by atoms with van der Waals surface area (Å²) in [6.45, 7) is 3.01. The zero-order valence-electron chi connectivity index (χ0n) is 16.8. The number of fused-ring (bicyclic) bond motifs is 4. The molecule has 1 fully saturated rings. The Morgan fingerprint density at radius 1 is 1.14 bits per heavy atom. The van der Waals surface area contributed by atoms with Gasteiger partial charge < -0.3 is 14.4 Å². The van der Waals surface area contributed by atoms with Crippen LogP contribution in [0.15, 0.2) is 53.6 Å². The summed E-state index contributed by atoms with van der Waals surface area (Å²) in [5, 5.41) is 7.24. The van der Waals surface area contributed by atoms with Gasteiger partial charge in [0.2, 0.25) is 11.6 Å². The first-order valence-corrected chi connectivity index (χ1v) is 10.1. The molecule has 1 spiro atoms. The largest absolute Gasteiger partial charge is 0.497 e. The van der Waals surface area contributed by atoms with Crippen molar-refractivity contribution in [3.05, 3.63) is 59.7 Å². The lowest BCUT2D eigenvalue weighted by Gasteiger charge is -2.51. The number of carbonyl (C=O) groups is 1. The average molecular weight is 391 g/mol. The van der Waals surface area contributed by atoms with Crippen LogP contribution in [0.2, 0.25) is 0 Å². The predicted octanol–water partition coefficient (Wildman–Crippen LogP) is 3.58. The summed E-state index contributed by atoms with van der Waals surface area (Å²) in [7, 11) is 1.67. The number of likely N-dealkylation sites (tertiary alicyclic amines) is 1. The highest BCUT2D eigenvalue weighted by molar-refractivity contribution is 6.02. The van der Waals surface area contributed by atoms with Crippen molar-refractivity contribution in [3.63, 3.8) is 0 Å². The molecule has 0 radical (unpaired) electrons. The van der Waals surface area contributed by atoms with Crippen LogP contribution in [-0.2, 0) is 4.79 Å². The van der Waals surface area contributed by atoms with E-state index in [2.05, 4.69) is 35.3 Å². The Bertz CT molecular complexity index is 962. The molecule has 0 unspecified atom stereocenters. The highest BCUT2D eigenvalue weighted by Gasteiger charge is 2.51. The molecule has 0 N–H and O–H groups in total. The minimum Gasteiger partial charge on any atom is -0.497 e. The zero-order valence-corrected chi connectivity index (χ0v) is 16.8. The second-order valence-corrected chi connectivity index (χ2v) is 7.93. The summed E-state index contributed by atoms with van der Waals surface area (Å²) in [5.41, 5.74) is 2.85. The summed E-state index contributed by atoms with van der Waals surface area (Å²) >= 11 is 0. The predicted molar refractivity (Wildman–Crippen MR) is 110 cm³/mol. The Hall–Kier alpha value is -3.02. The Morgan fingerprint density at radius 2 is 1.86 bits per heavy atom. The summed E-state index contributed by atoms with van der Waals surface area (Å²) in [4.78, 5) is 13.7. The maximum absolute atomic E-state index is 11.8. The number of nitrogens with zero attached hydrogens (tertiary/aromatic N) is 3. The normalized spacial score (nSPS) is 21.9. The molecule has 2 aromatic carbocycles. The van der Waals surface area contributed by atoms with Crippen molar-refractivity contribution in [3.8, 4) is 11.5 Å². The fourth-order valence-electron chi connectivity index (χ4n) is 4.69. The molecule has 29 heavy (non-hydrogen) atoms. The van der Waals surface area contributed by atoms with E-state index in [0.29, 0.717) is 13.1 Å². The molecule has 1 saturated heterocycles. The molecule has 0 saturated carbocycles. The molecule has 0 aliphatic carbocycles. The van der Waals surface area contributed by atoms with E-state index in [1.807, 2.05) is 23.1 Å². The monoisotopic (exact) mass is 391 g/mol. The van der Waals surface area contributed by atoms with Gasteiger partial charge in [-0.15, -0.1) is 0 Å². The van der Waals surface area contributed by atoms with Crippen molar-refractivity contribution in [1.29, 1.82) is 0 Å². The Balaban J connectivity index is 1.51. The lowest BCUT2D eigenvalue weighted by molar-refractivity contribution is -0.158. The van der Waals surface area contributed by atoms with Gasteiger partial charge in [0.1, 0.15) is 11.5 Å². The van der Waals surface area contributed by atoms with E-state index in [-0.39, 0.29) is 11.9 Å². The SMILES string of the molecule is COc1ccc(C2=NN3[C@@H](C2)c2ccccc2OC32CCN(C(C)=O)CC2)cc1. The van der Waals surface area contributed by atoms with Gasteiger partial charge >= 0.3 is 0 Å². The zero-order chi connectivity index (χ0) is 20.0. The summed E-state index contributed by atoms with van der Waals surface area (Å²) in [6, 6.07) is 16.5. The first kappa shape index (κ1) is 18.0. The molecule has 5 rings (SSSR count). The van der Waals surface area contributed by atoms with Gasteiger partial charge in [-0.2, -0.15) is 5.10 Å². The van der Waals surface area contributed by atoms with Crippen LogP contribution < -0.4 is 9.47 Å². The van der Waals surface area contributed by atoms with Crippen molar-refractivity contribution in [2.24, 2.45) is 5.10 Å². The second-order valence-electron chi connectivity index (χ2n) is 7.93. The number of methoxy groups -OCH3 is 1. The molecular formula is C23H25N3O3. The second kappa shape index (κ2) is 6.79. The van der Waals surface area contributed by atoms with E-state index in [1.54, 1.807) is 14.0 Å². The quantitative estimate of drug-likeness (QED) is 0.785. The standard InChI is InChI=1S/C23H25N3O3/c1-16(27)25-13-11-23(12-14-25)26-21(19-5-3-4-6-22(19)29-23)15-20(24-26)17-7-9-18(28-2)10-8-17/h3-10,21H,11-15H2,1-2H3/t21-/m0/s1. The van der Waals surface area contributed by atoms with E-state index >= 15 is 0 Å². The van der Waals surface area contributed by atoms with Gasteiger partial charge in [0, 0.05) is 44.8 Å². The molecule has 3 aliphatic heterocycles. The minimum absolute atomic E-state index is 0.122. The lowest BCUT2D eigenvalue weighted by Crippen LogP contribution is -2.59. The number of carbonyl (C=O) groups excluding carboxylic acids is 1. The maximum Gasteiger partial charge on any atom is 0.219 e. The molecule has 150 valence electrons. The highest BCUT2D eigenvalue weighted by Crippen LogP contribution is 2.49. The molecule has 6 heteroatoms. The van der Waals surface area contributed by atoms with Gasteiger partial charge in [-0.1, -0.05) is 18.2 Å². The van der Waals surface area contributed by atoms with Crippen LogP contribution in [0.25, 0.3) is 0 Å². The first-order chi connectivity index (χ1) is 14.1. The average Bonchev–Trinajstić information content (AvgIpc) is 3.21. The van der Waals surface area contributed by atoms with Gasteiger partial charge in [0.05, 0.1) is 18.9 Å². The minimum atomic E-state index is -0.501. The molecular weight excluding hydrogens is 366 g/mol. The van der Waals surface area contributed by atoms with Crippen molar-refractivity contribution in [2.45, 2.75) is 38.0 Å². The molecule has 6 nitrogen and oxygen atoms in total. The van der Waals surface area contributed by atoms with Crippen LogP contribution in [0.5, 0.6) is 11.5 Å². The van der Waals surface area contributed by atoms with Crippen LogP contribution in [0.1, 0.15) is 43.4 Å². The number of ether oxygens (including phenoxy) is 2. The van der Waals surface area contributed by atoms with Crippen LogP contribution in [0.3, 0.4) is 0 Å². The maximum atomic E-state index is 11.8. The van der Waals surface area contributed by atoms with Crippen LogP contribution in [-0.4, -0.2) is 47.5 Å². The Kier molecular flexibility index (Phi) is 4.23. The molecule has 3 heterocycles. The van der Waals surface area contributed by atoms with Crippen LogP contribution in [0.4, 0.5) is 0 Å². The van der Waals surface area contributed by atoms with Crippen molar-refractivity contribution in [2.75, 3.05) is 20.2 Å². The number of hydrogen-bond acceptors (Lipinski definition) is 5. The van der Waals surface area contributed by atoms with Gasteiger partial charge in [0.15, 0.2) is 0 Å². The smallest absolute Gasteiger partial charge is 0.219 e. The van der Waals surface area contributed by atoms with E-state index in [4.69, 9.17) is 14.6 Å². The number of hydrogen-bond donors (Lipinski definition) is 0. The fraction of sp³-hybridized carbons (Fsp3) is 0.391. The van der Waals surface area contributed by atoms with E-state index in [1.165, 1.54) is 5.56 Å². The van der Waals surface area contributed by atoms with Crippen LogP contribution >= 0.6 is 0 Å². The molecule has 2 aromatic rings. The highest BCUT2D eigenvalue weighted by atomic mass is 16.5. The van der Waals surface area contributed by atoms with Crippen LogP contribution in [0, 0.1) is 0 Å². The topological polar surface area (TPSA) is 54.4 Å². The third kappa shape index (κ3) is 2.94. The molecule has 3 aliphatic rings. The lowest BCUT2D eigenvalue weighted by atomic mass is 9.90. The first-order valence-electron chi connectivity index (χ1n) is 10.1. The van der Waals surface area contributed by atoms with Gasteiger partial charge in [-0.3, -0.25) is 4.79 Å². The van der Waals surface area contributed by atoms with E-state index < -0.39 is 5.72 Å². The number of rotatable bonds is 2. The number of piperidine rings is 1. The Morgan fingerprint density at radius 3 is 2.55 bits per heavy atom. The molecule has 0 bridgehead atoms. The van der Waals surface area contributed by atoms with Gasteiger partial charge in [-0.05, 0) is 35.9 Å². The van der Waals surface area contributed by atoms with E-state index in [0.717, 1.165) is 42.0 Å². The van der Waals surface area contributed by atoms with E-state index in [9.17, 15) is 4.79 Å². The van der Waals surface area contributed by atoms with Crippen molar-refractivity contribution < 1.29 is 14.3 Å². The molecule has 1 amide bonds. The van der Waals surface area contributed by atoms with Gasteiger partial charge in [0.25, 0.3) is 0 Å². The number of benzene rings is 2. The number of amides is 1. The van der Waals surface area contributed by atoms with Gasteiger partial charge in [-0.25, -0.2) is 5.01 Å². The summed E-state index contributed by atoms with van der Waals surface area (Å²) < 4.78 is 11.9. The molecule has 1 atom stereocenters. The van der Waals surface area contributed by atoms with Crippen molar-refractivity contribution >= 4 is 11.6 Å². The Labute approximate surface area is 170 Å². The molecule has 0 aromatic heterocycles. The number of para-hydroxylation sites is 1. The third-order valence-electron chi connectivity index (χ3n) is 6.32. The fourth-order valence-corrected chi connectivity index (χ4v) is 4.69. The summed E-state index contributed by atoms with van der Waals surface area (Å²) in [6.07, 6.45) is 2.33. The van der Waals surface area contributed by atoms with Crippen molar-refractivity contribution in [1.82, 2.24) is 9.91 Å². The summed E-state index contributed by atoms with van der Waals surface area (Å²) in [5.74, 6) is 1.90.